The van der Waals surface area contributed by atoms with Crippen molar-refractivity contribution in [1.29, 1.82) is 0 Å². The zero-order valence-corrected chi connectivity index (χ0v) is 26.1. The molecule has 14 nitrogen and oxygen atoms in total. The van der Waals surface area contributed by atoms with E-state index in [4.69, 9.17) is 9.47 Å². The monoisotopic (exact) mass is 626 g/mol. The number of nitrogens with one attached hydrogen (secondary N) is 1. The second-order valence-electron chi connectivity index (χ2n) is 11.3. The number of nitrogens with zero attached hydrogens (tertiary/aromatic N) is 5. The molecule has 1 saturated heterocycles. The van der Waals surface area contributed by atoms with Gasteiger partial charge in [0.25, 0.3) is 11.8 Å². The first-order valence-corrected chi connectivity index (χ1v) is 15.4. The maximum absolute atomic E-state index is 13.6. The Morgan fingerprint density at radius 2 is 1.71 bits per heavy atom. The number of rotatable bonds is 13. The van der Waals surface area contributed by atoms with Crippen LogP contribution in [-0.4, -0.2) is 117 Å². The molecule has 4 rings (SSSR count). The molecule has 2 fully saturated rings. The highest BCUT2D eigenvalue weighted by molar-refractivity contribution is 5.96. The summed E-state index contributed by atoms with van der Waals surface area (Å²) in [5.74, 6) is -2.19. The van der Waals surface area contributed by atoms with Gasteiger partial charge in [0.15, 0.2) is 11.3 Å². The van der Waals surface area contributed by atoms with E-state index in [9.17, 15) is 29.1 Å². The fourth-order valence-electron chi connectivity index (χ4n) is 5.45. The molecular formula is C31H42N6O8. The van der Waals surface area contributed by atoms with Crippen molar-refractivity contribution >= 4 is 29.8 Å². The molecule has 14 heteroatoms. The summed E-state index contributed by atoms with van der Waals surface area (Å²) in [7, 11) is 1.74. The number of amides is 4. The van der Waals surface area contributed by atoms with E-state index in [1.165, 1.54) is 20.5 Å². The van der Waals surface area contributed by atoms with Crippen molar-refractivity contribution in [2.24, 2.45) is 0 Å². The van der Waals surface area contributed by atoms with Crippen LogP contribution in [0, 0.1) is 0 Å². The maximum atomic E-state index is 13.6. The number of carboxylic acids is 1. The summed E-state index contributed by atoms with van der Waals surface area (Å²) in [5.41, 5.74) is -0.526. The predicted octanol–water partition coefficient (Wildman–Crippen LogP) is 2.31. The molecule has 0 radical (unpaired) electrons. The SMILES string of the molecule is CCCN(C)C(=O)C1(Oc2cc(C(=O)NC(CCC(=O)O)C(=O)N3CCN(C(=O)OCC)CC3)nn2-c2ccccc2)CCC1. The van der Waals surface area contributed by atoms with Crippen LogP contribution in [0.25, 0.3) is 5.69 Å². The molecule has 1 aliphatic heterocycles. The van der Waals surface area contributed by atoms with Crippen LogP contribution in [0.1, 0.15) is 62.9 Å². The number of carbonyl (C=O) groups is 5. The molecule has 45 heavy (non-hydrogen) atoms. The van der Waals surface area contributed by atoms with Crippen molar-refractivity contribution in [2.75, 3.05) is 46.4 Å². The van der Waals surface area contributed by atoms with Crippen molar-refractivity contribution in [2.45, 2.75) is 64.0 Å². The minimum atomic E-state index is -1.14. The Kier molecular flexibility index (Phi) is 11.0. The van der Waals surface area contributed by atoms with E-state index < -0.39 is 35.5 Å². The van der Waals surface area contributed by atoms with E-state index in [-0.39, 0.29) is 63.1 Å². The van der Waals surface area contributed by atoms with E-state index in [0.29, 0.717) is 25.1 Å². The second kappa shape index (κ2) is 14.9. The van der Waals surface area contributed by atoms with Crippen LogP contribution in [-0.2, 0) is 19.1 Å². The summed E-state index contributed by atoms with van der Waals surface area (Å²) >= 11 is 0. The number of piperazine rings is 1. The molecule has 2 heterocycles. The highest BCUT2D eigenvalue weighted by Crippen LogP contribution is 2.39. The van der Waals surface area contributed by atoms with Gasteiger partial charge in [-0.2, -0.15) is 5.10 Å². The van der Waals surface area contributed by atoms with Gasteiger partial charge in [-0.1, -0.05) is 25.1 Å². The fraction of sp³-hybridized carbons (Fsp3) is 0.548. The van der Waals surface area contributed by atoms with Gasteiger partial charge in [-0.3, -0.25) is 19.2 Å². The van der Waals surface area contributed by atoms with Gasteiger partial charge in [-0.15, -0.1) is 0 Å². The Morgan fingerprint density at radius 1 is 1.04 bits per heavy atom. The third-order valence-electron chi connectivity index (χ3n) is 8.03. The number of benzene rings is 1. The Morgan fingerprint density at radius 3 is 2.29 bits per heavy atom. The zero-order valence-electron chi connectivity index (χ0n) is 26.1. The quantitative estimate of drug-likeness (QED) is 0.340. The third kappa shape index (κ3) is 7.91. The first kappa shape index (κ1) is 33.3. The number of para-hydroxylation sites is 1. The van der Waals surface area contributed by atoms with Gasteiger partial charge in [0.1, 0.15) is 6.04 Å². The van der Waals surface area contributed by atoms with Gasteiger partial charge < -0.3 is 34.6 Å². The summed E-state index contributed by atoms with van der Waals surface area (Å²) in [5, 5.41) is 16.5. The molecule has 2 aromatic rings. The van der Waals surface area contributed by atoms with Crippen LogP contribution in [0.3, 0.4) is 0 Å². The number of carboxylic acid groups (broad SMARTS) is 1. The highest BCUT2D eigenvalue weighted by Gasteiger charge is 2.49. The van der Waals surface area contributed by atoms with Gasteiger partial charge in [0.05, 0.1) is 12.3 Å². The predicted molar refractivity (Wildman–Crippen MR) is 162 cm³/mol. The summed E-state index contributed by atoms with van der Waals surface area (Å²) < 4.78 is 12.9. The van der Waals surface area contributed by atoms with E-state index in [1.54, 1.807) is 31.0 Å². The summed E-state index contributed by atoms with van der Waals surface area (Å²) in [4.78, 5) is 68.6. The highest BCUT2D eigenvalue weighted by atomic mass is 16.6. The first-order valence-electron chi connectivity index (χ1n) is 15.4. The molecular weight excluding hydrogens is 584 g/mol. The van der Waals surface area contributed by atoms with E-state index in [0.717, 1.165) is 12.8 Å². The maximum Gasteiger partial charge on any atom is 0.409 e. The summed E-state index contributed by atoms with van der Waals surface area (Å²) in [6.07, 6.45) is 1.72. The number of aromatic nitrogens is 2. The van der Waals surface area contributed by atoms with Crippen molar-refractivity contribution in [1.82, 2.24) is 29.8 Å². The Balaban J connectivity index is 1.56. The molecule has 1 atom stereocenters. The largest absolute Gasteiger partial charge is 0.481 e. The molecule has 244 valence electrons. The van der Waals surface area contributed by atoms with Gasteiger partial charge >= 0.3 is 12.1 Å². The van der Waals surface area contributed by atoms with Gasteiger partial charge in [0, 0.05) is 52.3 Å². The van der Waals surface area contributed by atoms with Gasteiger partial charge in [-0.05, 0) is 51.2 Å². The van der Waals surface area contributed by atoms with Crippen LogP contribution >= 0.6 is 0 Å². The van der Waals surface area contributed by atoms with E-state index in [2.05, 4.69) is 10.4 Å². The Hall–Kier alpha value is -4.62. The van der Waals surface area contributed by atoms with Crippen LogP contribution < -0.4 is 10.1 Å². The summed E-state index contributed by atoms with van der Waals surface area (Å²) in [6.45, 7) is 5.44. The third-order valence-corrected chi connectivity index (χ3v) is 8.03. The first-order chi connectivity index (χ1) is 21.6. The smallest absolute Gasteiger partial charge is 0.409 e. The van der Waals surface area contributed by atoms with Crippen LogP contribution in [0.5, 0.6) is 5.88 Å². The number of hydrogen-bond donors (Lipinski definition) is 2. The molecule has 0 bridgehead atoms. The average molecular weight is 627 g/mol. The molecule has 0 spiro atoms. The van der Waals surface area contributed by atoms with Gasteiger partial charge in [0.2, 0.25) is 11.8 Å². The Bertz CT molecular complexity index is 1370. The lowest BCUT2D eigenvalue weighted by Crippen LogP contribution is -2.56. The van der Waals surface area contributed by atoms with Crippen molar-refractivity contribution < 1.29 is 38.6 Å². The average Bonchev–Trinajstić information content (AvgIpc) is 3.45. The van der Waals surface area contributed by atoms with Crippen LogP contribution in [0.2, 0.25) is 0 Å². The number of hydrogen-bond acceptors (Lipinski definition) is 8. The molecule has 1 saturated carbocycles. The molecule has 1 aromatic heterocycles. The lowest BCUT2D eigenvalue weighted by Gasteiger charge is -2.42. The van der Waals surface area contributed by atoms with Crippen molar-refractivity contribution in [3.63, 3.8) is 0 Å². The number of carbonyl (C=O) groups excluding carboxylic acids is 4. The fourth-order valence-corrected chi connectivity index (χ4v) is 5.45. The zero-order chi connectivity index (χ0) is 32.6. The normalized spacial score (nSPS) is 16.2. The molecule has 4 amide bonds. The number of likely N-dealkylation sites (N-methyl/N-ethyl adjacent to an activating group) is 1. The van der Waals surface area contributed by atoms with Gasteiger partial charge in [-0.25, -0.2) is 9.48 Å². The molecule has 2 N–H and O–H groups in total. The molecule has 1 unspecified atom stereocenters. The standard InChI is InChI=1S/C31H42N6O8/c1-4-16-34(3)29(42)31(14-9-15-31)45-25-21-24(33-37(25)22-10-7-6-8-11-22)27(40)32-23(12-13-26(38)39)28(41)35-17-19-36(20-18-35)30(43)44-5-2/h6-8,10-11,21,23H,4-5,9,12-20H2,1-3H3,(H,32,40)(H,38,39). The molecule has 1 aliphatic carbocycles. The number of ether oxygens (including phenoxy) is 2. The lowest BCUT2D eigenvalue weighted by atomic mass is 9.78. The van der Waals surface area contributed by atoms with E-state index in [1.807, 2.05) is 25.1 Å². The van der Waals surface area contributed by atoms with Crippen molar-refractivity contribution in [3.8, 4) is 11.6 Å². The van der Waals surface area contributed by atoms with Crippen molar-refractivity contribution in [3.05, 3.63) is 42.1 Å². The Labute approximate surface area is 262 Å². The minimum Gasteiger partial charge on any atom is -0.481 e. The van der Waals surface area contributed by atoms with Crippen LogP contribution in [0.4, 0.5) is 4.79 Å². The molecule has 1 aromatic carbocycles. The van der Waals surface area contributed by atoms with Crippen LogP contribution in [0.15, 0.2) is 36.4 Å². The summed E-state index contributed by atoms with van der Waals surface area (Å²) in [6, 6.07) is 9.32. The second-order valence-corrected chi connectivity index (χ2v) is 11.3. The molecule has 2 aliphatic rings. The minimum absolute atomic E-state index is 0.0575. The van der Waals surface area contributed by atoms with E-state index >= 15 is 0 Å². The topological polar surface area (TPSA) is 164 Å². The number of aliphatic carboxylic acids is 1. The lowest BCUT2D eigenvalue weighted by molar-refractivity contribution is -0.155.